The van der Waals surface area contributed by atoms with E-state index in [9.17, 15) is 0 Å². The van der Waals surface area contributed by atoms with Crippen LogP contribution in [0.1, 0.15) is 0 Å². The maximum absolute atomic E-state index is 8.65. The molecule has 0 unspecified atom stereocenters. The van der Waals surface area contributed by atoms with E-state index >= 15 is 0 Å². The van der Waals surface area contributed by atoms with Crippen LogP contribution in [0.5, 0.6) is 0 Å². The zero-order valence-corrected chi connectivity index (χ0v) is 5.60. The second-order valence-electron chi connectivity index (χ2n) is 1.75. The molecule has 0 fully saturated rings. The third kappa shape index (κ3) is 6.10. The van der Waals surface area contributed by atoms with Gasteiger partial charge in [-0.15, -0.1) is 0 Å². The van der Waals surface area contributed by atoms with Gasteiger partial charge in [0.25, 0.3) is 0 Å². The van der Waals surface area contributed by atoms with Crippen molar-refractivity contribution in [3.8, 4) is 0 Å². The fourth-order valence-electron chi connectivity index (χ4n) is 0.335. The highest BCUT2D eigenvalue weighted by Crippen LogP contribution is 1.83. The van der Waals surface area contributed by atoms with Crippen LogP contribution in [0.3, 0.4) is 0 Å². The molecule has 0 amide bonds. The number of rotatable bonds is 2. The Bertz CT molecular complexity index is 51.4. The highest BCUT2D eigenvalue weighted by atomic mass is 28.4. The van der Waals surface area contributed by atoms with Crippen molar-refractivity contribution >= 4 is 8.56 Å². The van der Waals surface area contributed by atoms with Crippen molar-refractivity contribution in [2.24, 2.45) is 0 Å². The lowest BCUT2D eigenvalue weighted by Crippen LogP contribution is -2.41. The number of hydrogen-bond acceptors (Lipinski definition) is 3. The van der Waals surface area contributed by atoms with Crippen LogP contribution in [0.15, 0.2) is 0 Å². The van der Waals surface area contributed by atoms with Gasteiger partial charge in [-0.05, 0) is 13.6 Å². The van der Waals surface area contributed by atoms with Crippen LogP contribution < -0.4 is 5.32 Å². The summed E-state index contributed by atoms with van der Waals surface area (Å²) >= 11 is 0. The molecule has 0 aromatic carbocycles. The highest BCUT2D eigenvalue weighted by molar-refractivity contribution is 6.63. The predicted molar refractivity (Wildman–Crippen MR) is 30.0 cm³/mol. The first-order valence-electron chi connectivity index (χ1n) is 2.15. The molecule has 0 radical (unpaired) electrons. The lowest BCUT2D eigenvalue weighted by molar-refractivity contribution is 0.367. The molecule has 0 heterocycles. The van der Waals surface area contributed by atoms with Crippen molar-refractivity contribution in [3.63, 3.8) is 0 Å². The Labute approximate surface area is 44.2 Å². The van der Waals surface area contributed by atoms with Crippen molar-refractivity contribution in [1.29, 1.82) is 0 Å². The Hall–Kier alpha value is 0.0969. The predicted octanol–water partition coefficient (Wildman–Crippen LogP) is -1.20. The summed E-state index contributed by atoms with van der Waals surface area (Å²) in [7, 11) is -1.08. The first kappa shape index (κ1) is 7.10. The van der Waals surface area contributed by atoms with E-state index in [-0.39, 0.29) is 0 Å². The minimum absolute atomic E-state index is 0.340. The van der Waals surface area contributed by atoms with Crippen LogP contribution in [0.2, 0.25) is 6.55 Å². The summed E-state index contributed by atoms with van der Waals surface area (Å²) in [6.07, 6.45) is 0.340. The summed E-state index contributed by atoms with van der Waals surface area (Å²) in [6.45, 7) is 1.46. The normalized spacial score (nSPS) is 12.0. The number of hydrogen-bond donors (Lipinski definition) is 3. The molecule has 44 valence electrons. The maximum atomic E-state index is 8.65. The summed E-state index contributed by atoms with van der Waals surface area (Å²) in [6, 6.07) is 0. The molecule has 0 atom stereocenters. The number of nitrogens with one attached hydrogen (secondary N) is 1. The Morgan fingerprint density at radius 1 is 1.57 bits per heavy atom. The Morgan fingerprint density at radius 2 is 2.00 bits per heavy atom. The van der Waals surface area contributed by atoms with E-state index in [1.54, 1.807) is 7.05 Å². The van der Waals surface area contributed by atoms with Crippen molar-refractivity contribution < 1.29 is 9.59 Å². The lowest BCUT2D eigenvalue weighted by atomic mass is 11.3. The van der Waals surface area contributed by atoms with E-state index in [4.69, 9.17) is 9.59 Å². The second-order valence-corrected chi connectivity index (χ2v) is 4.53. The molecule has 0 aromatic heterocycles. The molecule has 0 saturated carbocycles. The smallest absolute Gasteiger partial charge is 0.343 e. The second kappa shape index (κ2) is 2.42. The Kier molecular flexibility index (Phi) is 2.45. The average molecular weight is 121 g/mol. The summed E-state index contributed by atoms with van der Waals surface area (Å²) < 4.78 is 0. The minimum atomic E-state index is -2.77. The van der Waals surface area contributed by atoms with Gasteiger partial charge in [0.05, 0.1) is 0 Å². The van der Waals surface area contributed by atoms with Crippen LogP contribution in [0.4, 0.5) is 0 Å². The van der Waals surface area contributed by atoms with Gasteiger partial charge in [0.1, 0.15) is 0 Å². The molecule has 0 rings (SSSR count). The van der Waals surface area contributed by atoms with Crippen LogP contribution >= 0.6 is 0 Å². The molecule has 4 heteroatoms. The molecule has 0 aliphatic heterocycles. The molecule has 0 aliphatic rings. The molecule has 0 saturated heterocycles. The van der Waals surface area contributed by atoms with E-state index < -0.39 is 8.56 Å². The lowest BCUT2D eigenvalue weighted by Gasteiger charge is -2.08. The van der Waals surface area contributed by atoms with Gasteiger partial charge in [0.15, 0.2) is 0 Å². The average Bonchev–Trinajstić information content (AvgIpc) is 1.30. The van der Waals surface area contributed by atoms with Gasteiger partial charge in [-0.3, -0.25) is 0 Å². The Morgan fingerprint density at radius 3 is 2.00 bits per heavy atom. The third-order valence-corrected chi connectivity index (χ3v) is 1.54. The summed E-state index contributed by atoms with van der Waals surface area (Å²) in [5, 5.41) is 2.67. The SMILES string of the molecule is CNC[Si](C)(O)O. The molecule has 0 bridgehead atoms. The van der Waals surface area contributed by atoms with E-state index in [1.165, 1.54) is 6.55 Å². The molecule has 0 aliphatic carbocycles. The van der Waals surface area contributed by atoms with Crippen LogP contribution in [-0.2, 0) is 0 Å². The van der Waals surface area contributed by atoms with Crippen LogP contribution in [-0.4, -0.2) is 31.4 Å². The summed E-state index contributed by atoms with van der Waals surface area (Å²) in [4.78, 5) is 17.3. The van der Waals surface area contributed by atoms with E-state index in [2.05, 4.69) is 5.32 Å². The van der Waals surface area contributed by atoms with Gasteiger partial charge < -0.3 is 14.9 Å². The zero-order valence-electron chi connectivity index (χ0n) is 4.60. The van der Waals surface area contributed by atoms with Crippen LogP contribution in [0.25, 0.3) is 0 Å². The minimum Gasteiger partial charge on any atom is -0.410 e. The highest BCUT2D eigenvalue weighted by Gasteiger charge is 2.18. The van der Waals surface area contributed by atoms with Crippen molar-refractivity contribution in [1.82, 2.24) is 5.32 Å². The van der Waals surface area contributed by atoms with Gasteiger partial charge in [0, 0.05) is 6.17 Å². The fraction of sp³-hybridized carbons (Fsp3) is 1.00. The first-order valence-corrected chi connectivity index (χ1v) is 4.76. The zero-order chi connectivity index (χ0) is 5.91. The molecule has 0 aromatic rings. The first-order chi connectivity index (χ1) is 3.06. The molecule has 7 heavy (non-hydrogen) atoms. The van der Waals surface area contributed by atoms with Gasteiger partial charge in [-0.25, -0.2) is 0 Å². The molecular weight excluding hydrogens is 110 g/mol. The molecule has 0 spiro atoms. The standard InChI is InChI=1S/C3H11NO2Si/c1-4-3-7(2,5)6/h4-6H,3H2,1-2H3. The van der Waals surface area contributed by atoms with Crippen LogP contribution in [0, 0.1) is 0 Å². The third-order valence-electron chi connectivity index (χ3n) is 0.512. The quantitative estimate of drug-likeness (QED) is 0.402. The molecule has 3 nitrogen and oxygen atoms in total. The van der Waals surface area contributed by atoms with Crippen molar-refractivity contribution in [2.45, 2.75) is 6.55 Å². The fourth-order valence-corrected chi connectivity index (χ4v) is 1.00. The van der Waals surface area contributed by atoms with Gasteiger partial charge in [0.2, 0.25) is 0 Å². The largest absolute Gasteiger partial charge is 0.410 e. The van der Waals surface area contributed by atoms with Gasteiger partial charge in [-0.1, -0.05) is 0 Å². The van der Waals surface area contributed by atoms with E-state index in [1.807, 2.05) is 0 Å². The Balaban J connectivity index is 3.15. The van der Waals surface area contributed by atoms with Crippen molar-refractivity contribution in [2.75, 3.05) is 13.2 Å². The van der Waals surface area contributed by atoms with E-state index in [0.717, 1.165) is 0 Å². The van der Waals surface area contributed by atoms with Gasteiger partial charge >= 0.3 is 8.56 Å². The van der Waals surface area contributed by atoms with Crippen molar-refractivity contribution in [3.05, 3.63) is 0 Å². The maximum Gasteiger partial charge on any atom is 0.343 e. The van der Waals surface area contributed by atoms with Gasteiger partial charge in [-0.2, -0.15) is 0 Å². The topological polar surface area (TPSA) is 52.5 Å². The van der Waals surface area contributed by atoms with E-state index in [0.29, 0.717) is 6.17 Å². The molecular formula is C3H11NO2Si. The monoisotopic (exact) mass is 121 g/mol. The summed E-state index contributed by atoms with van der Waals surface area (Å²) in [5.74, 6) is 0. The summed E-state index contributed by atoms with van der Waals surface area (Å²) in [5.41, 5.74) is 0. The molecule has 3 N–H and O–H groups in total.